The summed E-state index contributed by atoms with van der Waals surface area (Å²) >= 11 is 1.83. The lowest BCUT2D eigenvalue weighted by atomic mass is 9.81. The van der Waals surface area contributed by atoms with E-state index in [-0.39, 0.29) is 0 Å². The van der Waals surface area contributed by atoms with E-state index < -0.39 is 0 Å². The van der Waals surface area contributed by atoms with E-state index in [9.17, 15) is 0 Å². The Balaban J connectivity index is 1.72. The van der Waals surface area contributed by atoms with Crippen LogP contribution in [0.15, 0.2) is 71.1 Å². The molecule has 0 aliphatic heterocycles. The van der Waals surface area contributed by atoms with E-state index in [2.05, 4.69) is 78.3 Å². The van der Waals surface area contributed by atoms with Gasteiger partial charge in [-0.05, 0) is 43.2 Å². The number of hydrogen-bond acceptors (Lipinski definition) is 3. The molecule has 0 radical (unpaired) electrons. The molecule has 1 atom stereocenters. The molecule has 1 aliphatic rings. The smallest absolute Gasteiger partial charge is 0.134 e. The molecule has 3 aromatic rings. The molecule has 0 bridgehead atoms. The molecule has 1 unspecified atom stereocenters. The first-order valence-electron chi connectivity index (χ1n) is 10.3. The summed E-state index contributed by atoms with van der Waals surface area (Å²) in [6.45, 7) is 0. The highest BCUT2D eigenvalue weighted by Gasteiger charge is 2.29. The van der Waals surface area contributed by atoms with Gasteiger partial charge in [0, 0.05) is 16.8 Å². The van der Waals surface area contributed by atoms with E-state index in [1.165, 1.54) is 43.4 Å². The predicted molar refractivity (Wildman–Crippen MR) is 121 cm³/mol. The molecule has 1 heterocycles. The highest BCUT2D eigenvalue weighted by atomic mass is 32.2. The average Bonchev–Trinajstić information content (AvgIpc) is 3.18. The van der Waals surface area contributed by atoms with E-state index in [0.29, 0.717) is 12.0 Å². The first kappa shape index (κ1) is 19.2. The fourth-order valence-corrected chi connectivity index (χ4v) is 4.81. The quantitative estimate of drug-likeness (QED) is 0.450. The van der Waals surface area contributed by atoms with Crippen LogP contribution < -0.4 is 5.32 Å². The summed E-state index contributed by atoms with van der Waals surface area (Å²) in [4.78, 5) is 0. The number of hydrogen-bond donors (Lipinski definition) is 1. The zero-order valence-corrected chi connectivity index (χ0v) is 17.4. The van der Waals surface area contributed by atoms with Gasteiger partial charge >= 0.3 is 0 Å². The number of rotatable bonds is 7. The van der Waals surface area contributed by atoms with Crippen LogP contribution in [0.2, 0.25) is 0 Å². The molecule has 1 N–H and O–H groups in total. The Morgan fingerprint density at radius 3 is 2.32 bits per heavy atom. The lowest BCUT2D eigenvalue weighted by molar-refractivity contribution is 0.318. The van der Waals surface area contributed by atoms with Crippen molar-refractivity contribution in [3.8, 4) is 11.3 Å². The summed E-state index contributed by atoms with van der Waals surface area (Å²) in [5.74, 6) is 3.65. The van der Waals surface area contributed by atoms with Gasteiger partial charge in [0.15, 0.2) is 0 Å². The molecule has 1 saturated carbocycles. The lowest BCUT2D eigenvalue weighted by Crippen LogP contribution is -2.23. The van der Waals surface area contributed by atoms with Gasteiger partial charge in [0.1, 0.15) is 11.5 Å². The van der Waals surface area contributed by atoms with Crippen LogP contribution in [0.4, 0.5) is 5.69 Å². The number of nitrogens with one attached hydrogen (secondary N) is 1. The maximum Gasteiger partial charge on any atom is 0.134 e. The first-order chi connectivity index (χ1) is 13.8. The minimum absolute atomic E-state index is 0.297. The summed E-state index contributed by atoms with van der Waals surface area (Å²) in [5, 5.41) is 3.86. The van der Waals surface area contributed by atoms with E-state index in [0.717, 1.165) is 22.8 Å². The van der Waals surface area contributed by atoms with Gasteiger partial charge in [0.05, 0.1) is 11.8 Å². The van der Waals surface area contributed by atoms with Crippen LogP contribution in [0.3, 0.4) is 0 Å². The molecule has 2 nitrogen and oxygen atoms in total. The molecule has 4 rings (SSSR count). The monoisotopic (exact) mass is 391 g/mol. The molecule has 0 saturated heterocycles. The van der Waals surface area contributed by atoms with Crippen molar-refractivity contribution < 1.29 is 4.42 Å². The van der Waals surface area contributed by atoms with Crippen LogP contribution >= 0.6 is 11.8 Å². The van der Waals surface area contributed by atoms with Gasteiger partial charge in [0.2, 0.25) is 0 Å². The Bertz CT molecular complexity index is 853. The van der Waals surface area contributed by atoms with E-state index in [1.54, 1.807) is 0 Å². The summed E-state index contributed by atoms with van der Waals surface area (Å²) in [6.07, 6.45) is 8.75. The van der Waals surface area contributed by atoms with Gasteiger partial charge < -0.3 is 9.73 Å². The highest BCUT2D eigenvalue weighted by Crippen LogP contribution is 2.41. The number of para-hydroxylation sites is 1. The standard InChI is InChI=1S/C25H29NOS/c1-28-18-24-22(17-23(27-24)19-11-5-2-6-12-19)25(20-13-7-3-8-14-20)26-21-15-9-4-10-16-21/h2,4-6,9-12,15-17,20,25-26H,3,7-8,13-14,18H2,1H3. The van der Waals surface area contributed by atoms with Gasteiger partial charge in [0.25, 0.3) is 0 Å². The molecule has 0 spiro atoms. The third-order valence-corrected chi connectivity index (χ3v) is 6.28. The van der Waals surface area contributed by atoms with Crippen LogP contribution in [0.25, 0.3) is 11.3 Å². The van der Waals surface area contributed by atoms with E-state index in [1.807, 2.05) is 11.8 Å². The van der Waals surface area contributed by atoms with Crippen molar-refractivity contribution in [2.24, 2.45) is 5.92 Å². The topological polar surface area (TPSA) is 25.2 Å². The molecule has 28 heavy (non-hydrogen) atoms. The Kier molecular flexibility index (Phi) is 6.43. The summed E-state index contributed by atoms with van der Waals surface area (Å²) in [7, 11) is 0. The molecule has 146 valence electrons. The highest BCUT2D eigenvalue weighted by molar-refractivity contribution is 7.97. The predicted octanol–water partition coefficient (Wildman–Crippen LogP) is 7.54. The normalized spacial score (nSPS) is 16.0. The zero-order chi connectivity index (χ0) is 19.2. The van der Waals surface area contributed by atoms with Crippen LogP contribution in [0.5, 0.6) is 0 Å². The minimum atomic E-state index is 0.297. The molecule has 1 aliphatic carbocycles. The lowest BCUT2D eigenvalue weighted by Gasteiger charge is -2.32. The van der Waals surface area contributed by atoms with E-state index >= 15 is 0 Å². The molecule has 1 fully saturated rings. The van der Waals surface area contributed by atoms with Crippen molar-refractivity contribution in [2.75, 3.05) is 11.6 Å². The second kappa shape index (κ2) is 9.38. The second-order valence-corrected chi connectivity index (χ2v) is 8.54. The van der Waals surface area contributed by atoms with Gasteiger partial charge in [-0.2, -0.15) is 11.8 Å². The minimum Gasteiger partial charge on any atom is -0.460 e. The molecule has 3 heteroatoms. The third kappa shape index (κ3) is 4.47. The second-order valence-electron chi connectivity index (χ2n) is 7.67. The SMILES string of the molecule is CSCc1oc(-c2ccccc2)cc1C(Nc1ccccc1)C1CCCCC1. The molecular formula is C25H29NOS. The fourth-order valence-electron chi connectivity index (χ4n) is 4.33. The third-order valence-electron chi connectivity index (χ3n) is 5.73. The van der Waals surface area contributed by atoms with E-state index in [4.69, 9.17) is 4.42 Å². The van der Waals surface area contributed by atoms with Crippen molar-refractivity contribution in [2.45, 2.75) is 43.9 Å². The van der Waals surface area contributed by atoms with Crippen molar-refractivity contribution >= 4 is 17.4 Å². The largest absolute Gasteiger partial charge is 0.460 e. The van der Waals surface area contributed by atoms with Crippen molar-refractivity contribution in [1.29, 1.82) is 0 Å². The van der Waals surface area contributed by atoms with Gasteiger partial charge in [-0.3, -0.25) is 0 Å². The zero-order valence-electron chi connectivity index (χ0n) is 16.6. The number of benzene rings is 2. The Labute approximate surface area is 172 Å². The van der Waals surface area contributed by atoms with Gasteiger partial charge in [-0.15, -0.1) is 0 Å². The number of anilines is 1. The Morgan fingerprint density at radius 1 is 0.964 bits per heavy atom. The van der Waals surface area contributed by atoms with Crippen LogP contribution in [-0.2, 0) is 5.75 Å². The van der Waals surface area contributed by atoms with Crippen LogP contribution in [0.1, 0.15) is 49.5 Å². The van der Waals surface area contributed by atoms with Gasteiger partial charge in [-0.25, -0.2) is 0 Å². The number of thioether (sulfide) groups is 1. The molecule has 0 amide bonds. The van der Waals surface area contributed by atoms with Crippen molar-refractivity contribution in [1.82, 2.24) is 0 Å². The maximum absolute atomic E-state index is 6.39. The van der Waals surface area contributed by atoms with Crippen LogP contribution in [0, 0.1) is 5.92 Å². The van der Waals surface area contributed by atoms with Crippen LogP contribution in [-0.4, -0.2) is 6.26 Å². The Hall–Kier alpha value is -2.13. The average molecular weight is 392 g/mol. The molecule has 1 aromatic heterocycles. The summed E-state index contributed by atoms with van der Waals surface area (Å²) < 4.78 is 6.39. The van der Waals surface area contributed by atoms with Gasteiger partial charge in [-0.1, -0.05) is 67.8 Å². The van der Waals surface area contributed by atoms with Crippen molar-refractivity contribution in [3.63, 3.8) is 0 Å². The Morgan fingerprint density at radius 2 is 1.64 bits per heavy atom. The maximum atomic E-state index is 6.39. The molecular weight excluding hydrogens is 362 g/mol. The summed E-state index contributed by atoms with van der Waals surface area (Å²) in [5.41, 5.74) is 3.68. The summed E-state index contributed by atoms with van der Waals surface area (Å²) in [6, 6.07) is 23.7. The molecule has 2 aromatic carbocycles. The van der Waals surface area contributed by atoms with Crippen molar-refractivity contribution in [3.05, 3.63) is 78.1 Å². The number of furan rings is 1. The fraction of sp³-hybridized carbons (Fsp3) is 0.360. The first-order valence-corrected chi connectivity index (χ1v) is 11.7.